The van der Waals surface area contributed by atoms with E-state index in [9.17, 15) is 26.4 Å². The maximum absolute atomic E-state index is 12.1. The molecule has 2 amide bonds. The minimum Gasteiger partial charge on any atom is -0.336 e. The first-order chi connectivity index (χ1) is 11.6. The molecule has 0 saturated carbocycles. The Morgan fingerprint density at radius 3 is 1.19 bits per heavy atom. The fourth-order valence-corrected chi connectivity index (χ4v) is 2.76. The molecule has 0 bridgehead atoms. The van der Waals surface area contributed by atoms with Crippen molar-refractivity contribution in [3.05, 3.63) is 24.3 Å². The molecule has 0 aliphatic heterocycles. The molecule has 0 heterocycles. The van der Waals surface area contributed by atoms with Gasteiger partial charge in [0.1, 0.15) is 0 Å². The third-order valence-electron chi connectivity index (χ3n) is 3.18. The van der Waals surface area contributed by atoms with E-state index in [1.165, 1.54) is 13.8 Å². The first kappa shape index (κ1) is 24.2. The van der Waals surface area contributed by atoms with Gasteiger partial charge in [-0.25, -0.2) is 0 Å². The smallest absolute Gasteiger partial charge is 0.266 e. The molecule has 0 spiro atoms. The number of hydrogen-bond acceptors (Lipinski definition) is 6. The molecule has 0 saturated heterocycles. The SMILES string of the molecule is C=C(C)C(=O)N(CCN(CCS(=O)(=O)O)C(=O)C(=C)C)CCS(=O)(=O)O. The quantitative estimate of drug-likeness (QED) is 0.343. The molecule has 0 fully saturated rings. The van der Waals surface area contributed by atoms with Crippen LogP contribution in [0.4, 0.5) is 0 Å². The number of carbonyl (C=O) groups excluding carboxylic acids is 2. The summed E-state index contributed by atoms with van der Waals surface area (Å²) in [6.07, 6.45) is 0. The molecule has 0 atom stereocenters. The van der Waals surface area contributed by atoms with Gasteiger partial charge >= 0.3 is 0 Å². The Balaban J connectivity index is 5.22. The van der Waals surface area contributed by atoms with Crippen molar-refractivity contribution in [1.29, 1.82) is 0 Å². The lowest BCUT2D eigenvalue weighted by molar-refractivity contribution is -0.130. The van der Waals surface area contributed by atoms with Gasteiger partial charge in [-0.3, -0.25) is 18.7 Å². The van der Waals surface area contributed by atoms with Gasteiger partial charge in [0.05, 0.1) is 11.5 Å². The van der Waals surface area contributed by atoms with Crippen LogP contribution in [-0.2, 0) is 29.8 Å². The highest BCUT2D eigenvalue weighted by molar-refractivity contribution is 7.86. The summed E-state index contributed by atoms with van der Waals surface area (Å²) >= 11 is 0. The monoisotopic (exact) mass is 412 g/mol. The van der Waals surface area contributed by atoms with Gasteiger partial charge in [-0.15, -0.1) is 0 Å². The van der Waals surface area contributed by atoms with Gasteiger partial charge in [-0.05, 0) is 13.8 Å². The van der Waals surface area contributed by atoms with Crippen molar-refractivity contribution in [3.63, 3.8) is 0 Å². The van der Waals surface area contributed by atoms with Gasteiger partial charge < -0.3 is 9.80 Å². The Morgan fingerprint density at radius 1 is 0.731 bits per heavy atom. The zero-order valence-electron chi connectivity index (χ0n) is 14.7. The molecule has 150 valence electrons. The predicted molar refractivity (Wildman–Crippen MR) is 95.6 cm³/mol. The Bertz CT molecular complexity index is 705. The average molecular weight is 412 g/mol. The topological polar surface area (TPSA) is 149 Å². The van der Waals surface area contributed by atoms with Crippen LogP contribution in [0.1, 0.15) is 13.8 Å². The van der Waals surface area contributed by atoms with Crippen molar-refractivity contribution in [1.82, 2.24) is 9.80 Å². The molecular weight excluding hydrogens is 388 g/mol. The first-order valence-corrected chi connectivity index (χ1v) is 10.7. The summed E-state index contributed by atoms with van der Waals surface area (Å²) in [6, 6.07) is 0. The van der Waals surface area contributed by atoms with Crippen molar-refractivity contribution in [2.24, 2.45) is 0 Å². The fraction of sp³-hybridized carbons (Fsp3) is 0.571. The second-order valence-electron chi connectivity index (χ2n) is 5.72. The van der Waals surface area contributed by atoms with E-state index >= 15 is 0 Å². The summed E-state index contributed by atoms with van der Waals surface area (Å²) in [5.74, 6) is -2.56. The van der Waals surface area contributed by atoms with E-state index in [4.69, 9.17) is 9.11 Å². The maximum Gasteiger partial charge on any atom is 0.266 e. The molecule has 10 nitrogen and oxygen atoms in total. The highest BCUT2D eigenvalue weighted by atomic mass is 32.2. The van der Waals surface area contributed by atoms with E-state index in [2.05, 4.69) is 13.2 Å². The minimum absolute atomic E-state index is 0.121. The van der Waals surface area contributed by atoms with Crippen LogP contribution in [0.5, 0.6) is 0 Å². The third kappa shape index (κ3) is 10.3. The van der Waals surface area contributed by atoms with Gasteiger partial charge in [-0.2, -0.15) is 16.8 Å². The lowest BCUT2D eigenvalue weighted by Gasteiger charge is -2.28. The maximum atomic E-state index is 12.1. The lowest BCUT2D eigenvalue weighted by Crippen LogP contribution is -2.44. The zero-order chi connectivity index (χ0) is 20.7. The molecule has 2 N–H and O–H groups in total. The van der Waals surface area contributed by atoms with Crippen LogP contribution in [0.3, 0.4) is 0 Å². The highest BCUT2D eigenvalue weighted by Crippen LogP contribution is 2.04. The fourth-order valence-electron chi connectivity index (χ4n) is 1.86. The summed E-state index contributed by atoms with van der Waals surface area (Å²) in [4.78, 5) is 26.3. The number of nitrogens with zero attached hydrogens (tertiary/aromatic N) is 2. The molecule has 0 aliphatic carbocycles. The second-order valence-corrected chi connectivity index (χ2v) is 8.86. The average Bonchev–Trinajstić information content (AvgIpc) is 2.46. The summed E-state index contributed by atoms with van der Waals surface area (Å²) in [6.45, 7) is 8.83. The Morgan fingerprint density at radius 2 is 1.00 bits per heavy atom. The van der Waals surface area contributed by atoms with E-state index in [1.54, 1.807) is 0 Å². The Kier molecular flexibility index (Phi) is 9.14. The predicted octanol–water partition coefficient (Wildman–Crippen LogP) is -0.429. The Labute approximate surface area is 153 Å². The lowest BCUT2D eigenvalue weighted by atomic mass is 10.2. The van der Waals surface area contributed by atoms with Gasteiger partial charge in [0.25, 0.3) is 20.2 Å². The van der Waals surface area contributed by atoms with Gasteiger partial charge in [0, 0.05) is 37.3 Å². The van der Waals surface area contributed by atoms with Crippen LogP contribution in [0, 0.1) is 0 Å². The molecule has 0 aromatic carbocycles. The molecule has 0 rings (SSSR count). The molecule has 0 aromatic rings. The second kappa shape index (κ2) is 9.80. The van der Waals surface area contributed by atoms with Crippen LogP contribution in [0.15, 0.2) is 24.3 Å². The van der Waals surface area contributed by atoms with Crippen LogP contribution in [0.2, 0.25) is 0 Å². The van der Waals surface area contributed by atoms with E-state index in [-0.39, 0.29) is 37.3 Å². The summed E-state index contributed by atoms with van der Waals surface area (Å²) < 4.78 is 61.3. The molecule has 12 heteroatoms. The van der Waals surface area contributed by atoms with Crippen molar-refractivity contribution in [3.8, 4) is 0 Å². The molecule has 0 unspecified atom stereocenters. The number of hydrogen-bond donors (Lipinski definition) is 2. The van der Waals surface area contributed by atoms with Gasteiger partial charge in [-0.1, -0.05) is 13.2 Å². The van der Waals surface area contributed by atoms with E-state index < -0.39 is 43.6 Å². The van der Waals surface area contributed by atoms with E-state index in [1.807, 2.05) is 0 Å². The zero-order valence-corrected chi connectivity index (χ0v) is 16.3. The van der Waals surface area contributed by atoms with Crippen LogP contribution in [-0.4, -0.2) is 85.2 Å². The molecule has 26 heavy (non-hydrogen) atoms. The van der Waals surface area contributed by atoms with Crippen molar-refractivity contribution in [2.45, 2.75) is 13.8 Å². The minimum atomic E-state index is -4.31. The third-order valence-corrected chi connectivity index (χ3v) is 4.58. The van der Waals surface area contributed by atoms with Crippen molar-refractivity contribution >= 4 is 32.1 Å². The van der Waals surface area contributed by atoms with E-state index in [0.29, 0.717) is 0 Å². The first-order valence-electron chi connectivity index (χ1n) is 7.44. The Hall–Kier alpha value is -1.76. The standard InChI is InChI=1S/C14H24N2O8S2/c1-11(2)13(17)15(7-9-25(19,20)21)5-6-16(14(18)12(3)4)8-10-26(22,23)24/h1,3,5-10H2,2,4H3,(H,19,20,21)(H,22,23,24). The number of carbonyl (C=O) groups is 2. The van der Waals surface area contributed by atoms with Gasteiger partial charge in [0.15, 0.2) is 0 Å². The molecule has 0 aliphatic rings. The molecular formula is C14H24N2O8S2. The normalized spacial score (nSPS) is 11.7. The van der Waals surface area contributed by atoms with Crippen LogP contribution in [0.25, 0.3) is 0 Å². The van der Waals surface area contributed by atoms with Crippen molar-refractivity contribution in [2.75, 3.05) is 37.7 Å². The molecule has 0 radical (unpaired) electrons. The summed E-state index contributed by atoms with van der Waals surface area (Å²) in [5, 5.41) is 0. The molecule has 0 aromatic heterocycles. The van der Waals surface area contributed by atoms with Crippen LogP contribution < -0.4 is 0 Å². The summed E-state index contributed by atoms with van der Waals surface area (Å²) in [7, 11) is -8.61. The number of amides is 2. The largest absolute Gasteiger partial charge is 0.336 e. The summed E-state index contributed by atoms with van der Waals surface area (Å²) in [5.41, 5.74) is 0.243. The van der Waals surface area contributed by atoms with Gasteiger partial charge in [0.2, 0.25) is 11.8 Å². The van der Waals surface area contributed by atoms with Crippen molar-refractivity contribution < 1.29 is 35.5 Å². The highest BCUT2D eigenvalue weighted by Gasteiger charge is 2.21. The van der Waals surface area contributed by atoms with E-state index in [0.717, 1.165) is 9.80 Å². The number of rotatable bonds is 11. The van der Waals surface area contributed by atoms with Crippen LogP contribution >= 0.6 is 0 Å².